The Hall–Kier alpha value is -4.75. The van der Waals surface area contributed by atoms with Crippen molar-refractivity contribution in [1.29, 1.82) is 0 Å². The van der Waals surface area contributed by atoms with Gasteiger partial charge in [-0.05, 0) is 104 Å². The fraction of sp³-hybridized carbons (Fsp3) is 0.194. The molecule has 0 unspecified atom stereocenters. The van der Waals surface area contributed by atoms with Gasteiger partial charge in [0.1, 0.15) is 23.8 Å². The fourth-order valence-electron chi connectivity index (χ4n) is 3.86. The van der Waals surface area contributed by atoms with Crippen LogP contribution in [0.25, 0.3) is 0 Å². The van der Waals surface area contributed by atoms with Gasteiger partial charge in [0, 0.05) is 4.90 Å². The summed E-state index contributed by atoms with van der Waals surface area (Å²) in [6, 6.07) is 23.1. The van der Waals surface area contributed by atoms with Crippen molar-refractivity contribution in [2.75, 3.05) is 30.3 Å². The van der Waals surface area contributed by atoms with Gasteiger partial charge in [0.05, 0.1) is 36.2 Å². The number of carbonyl (C=O) groups is 2. The summed E-state index contributed by atoms with van der Waals surface area (Å²) in [5.41, 5.74) is 3.33. The van der Waals surface area contributed by atoms with Crippen molar-refractivity contribution in [2.45, 2.75) is 23.3 Å². The van der Waals surface area contributed by atoms with Crippen molar-refractivity contribution in [2.24, 2.45) is 5.10 Å². The van der Waals surface area contributed by atoms with E-state index in [1.807, 2.05) is 13.2 Å². The molecular formula is C31H32N4O7S2. The SMILES string of the molecule is CCOc1ccc(N(CC(=O)N/N=C\c2ccc(OCC(=O)NCc3ccco3)cc2)S(=O)(=O)c2ccc(SC)cc2)cc1. The zero-order valence-electron chi connectivity index (χ0n) is 24.1. The Balaban J connectivity index is 1.36. The summed E-state index contributed by atoms with van der Waals surface area (Å²) in [6.07, 6.45) is 4.84. The highest BCUT2D eigenvalue weighted by molar-refractivity contribution is 7.98. The van der Waals surface area contributed by atoms with E-state index >= 15 is 0 Å². The van der Waals surface area contributed by atoms with Gasteiger partial charge in [-0.1, -0.05) is 0 Å². The number of nitrogens with zero attached hydrogens (tertiary/aromatic N) is 2. The molecule has 2 N–H and O–H groups in total. The van der Waals surface area contributed by atoms with Crippen LogP contribution in [0.1, 0.15) is 18.2 Å². The van der Waals surface area contributed by atoms with E-state index in [4.69, 9.17) is 13.9 Å². The van der Waals surface area contributed by atoms with Crippen LogP contribution in [0.5, 0.6) is 11.5 Å². The molecule has 1 heterocycles. The molecule has 4 aromatic rings. The van der Waals surface area contributed by atoms with Gasteiger partial charge in [-0.3, -0.25) is 13.9 Å². The molecule has 44 heavy (non-hydrogen) atoms. The topological polar surface area (TPSA) is 140 Å². The molecule has 0 spiro atoms. The van der Waals surface area contributed by atoms with Gasteiger partial charge in [0.2, 0.25) is 0 Å². The Bertz CT molecular complexity index is 1640. The van der Waals surface area contributed by atoms with Crippen molar-refractivity contribution < 1.29 is 31.9 Å². The summed E-state index contributed by atoms with van der Waals surface area (Å²) in [5, 5.41) is 6.67. The lowest BCUT2D eigenvalue weighted by Gasteiger charge is -2.24. The zero-order chi connectivity index (χ0) is 31.4. The highest BCUT2D eigenvalue weighted by atomic mass is 32.2. The Morgan fingerprint density at radius 1 is 0.932 bits per heavy atom. The number of anilines is 1. The largest absolute Gasteiger partial charge is 0.494 e. The van der Waals surface area contributed by atoms with Crippen molar-refractivity contribution in [1.82, 2.24) is 10.7 Å². The second-order valence-corrected chi connectivity index (χ2v) is 11.9. The number of hydrazone groups is 1. The number of nitrogens with one attached hydrogen (secondary N) is 2. The maximum absolute atomic E-state index is 13.6. The highest BCUT2D eigenvalue weighted by Gasteiger charge is 2.27. The first-order valence-corrected chi connectivity index (χ1v) is 16.2. The fourth-order valence-corrected chi connectivity index (χ4v) is 5.69. The third-order valence-corrected chi connectivity index (χ3v) is 8.59. The molecule has 0 bridgehead atoms. The summed E-state index contributed by atoms with van der Waals surface area (Å²) in [5.74, 6) is 0.756. The summed E-state index contributed by atoms with van der Waals surface area (Å²) in [6.45, 7) is 1.91. The number of hydrogen-bond donors (Lipinski definition) is 2. The average Bonchev–Trinajstić information content (AvgIpc) is 3.57. The monoisotopic (exact) mass is 636 g/mol. The van der Waals surface area contributed by atoms with Gasteiger partial charge in [0.15, 0.2) is 6.61 Å². The molecule has 11 nitrogen and oxygen atoms in total. The van der Waals surface area contributed by atoms with Crippen LogP contribution in [0.15, 0.2) is 111 Å². The second kappa shape index (κ2) is 15.6. The number of carbonyl (C=O) groups excluding carboxylic acids is 2. The lowest BCUT2D eigenvalue weighted by Crippen LogP contribution is -2.39. The first-order chi connectivity index (χ1) is 21.3. The van der Waals surface area contributed by atoms with Gasteiger partial charge in [0.25, 0.3) is 21.8 Å². The van der Waals surface area contributed by atoms with E-state index < -0.39 is 22.5 Å². The van der Waals surface area contributed by atoms with Crippen LogP contribution in [0.3, 0.4) is 0 Å². The number of amides is 2. The molecule has 1 aromatic heterocycles. The molecule has 13 heteroatoms. The van der Waals surface area contributed by atoms with Crippen LogP contribution < -0.4 is 24.5 Å². The highest BCUT2D eigenvalue weighted by Crippen LogP contribution is 2.27. The van der Waals surface area contributed by atoms with E-state index in [0.717, 1.165) is 9.20 Å². The standard InChI is InChI=1S/C31H32N4O7S2/c1-3-40-25-12-8-24(9-13-25)35(44(38,39)29-16-14-28(43-2)15-17-29)21-30(36)34-33-19-23-6-10-26(11-7-23)42-22-31(37)32-20-27-5-4-18-41-27/h4-19H,3,20-22H2,1-2H3,(H,32,37)(H,34,36)/b33-19-. The summed E-state index contributed by atoms with van der Waals surface area (Å²) < 4.78 is 44.4. The zero-order valence-corrected chi connectivity index (χ0v) is 25.8. The number of hydrogen-bond acceptors (Lipinski definition) is 9. The summed E-state index contributed by atoms with van der Waals surface area (Å²) >= 11 is 1.49. The number of sulfonamides is 1. The molecule has 0 aliphatic rings. The molecule has 0 saturated carbocycles. The second-order valence-electron chi connectivity index (χ2n) is 9.12. The van der Waals surface area contributed by atoms with E-state index in [9.17, 15) is 18.0 Å². The molecule has 3 aromatic carbocycles. The van der Waals surface area contributed by atoms with Gasteiger partial charge in [-0.25, -0.2) is 13.8 Å². The number of furan rings is 1. The molecule has 0 aliphatic heterocycles. The van der Waals surface area contributed by atoms with E-state index in [2.05, 4.69) is 15.8 Å². The minimum atomic E-state index is -4.08. The van der Waals surface area contributed by atoms with Crippen LogP contribution >= 0.6 is 11.8 Å². The Kier molecular flexibility index (Phi) is 11.4. The molecule has 230 valence electrons. The molecule has 0 radical (unpaired) electrons. The predicted molar refractivity (Wildman–Crippen MR) is 169 cm³/mol. The lowest BCUT2D eigenvalue weighted by molar-refractivity contribution is -0.123. The van der Waals surface area contributed by atoms with E-state index in [1.165, 1.54) is 36.4 Å². The number of ether oxygens (including phenoxy) is 2. The number of thioether (sulfide) groups is 1. The van der Waals surface area contributed by atoms with Crippen molar-refractivity contribution in [3.8, 4) is 11.5 Å². The van der Waals surface area contributed by atoms with Gasteiger partial charge in [-0.2, -0.15) is 5.10 Å². The molecular weight excluding hydrogens is 604 g/mol. The minimum Gasteiger partial charge on any atom is -0.494 e. The maximum Gasteiger partial charge on any atom is 0.264 e. The number of benzene rings is 3. The Morgan fingerprint density at radius 2 is 1.61 bits per heavy atom. The Morgan fingerprint density at radius 3 is 2.25 bits per heavy atom. The first-order valence-electron chi connectivity index (χ1n) is 13.5. The molecule has 2 amide bonds. The van der Waals surface area contributed by atoms with Crippen molar-refractivity contribution >= 4 is 45.5 Å². The van der Waals surface area contributed by atoms with Gasteiger partial charge in [-0.15, -0.1) is 11.8 Å². The summed E-state index contributed by atoms with van der Waals surface area (Å²) in [7, 11) is -4.08. The lowest BCUT2D eigenvalue weighted by atomic mass is 10.2. The third-order valence-electron chi connectivity index (χ3n) is 6.06. The maximum atomic E-state index is 13.6. The predicted octanol–water partition coefficient (Wildman–Crippen LogP) is 4.44. The van der Waals surface area contributed by atoms with E-state index in [0.29, 0.717) is 35.1 Å². The van der Waals surface area contributed by atoms with Crippen LogP contribution in [-0.4, -0.2) is 52.5 Å². The molecule has 0 saturated heterocycles. The van der Waals surface area contributed by atoms with E-state index in [1.54, 1.807) is 72.8 Å². The quantitative estimate of drug-likeness (QED) is 0.111. The third kappa shape index (κ3) is 9.12. The molecule has 0 atom stereocenters. The molecule has 0 aliphatic carbocycles. The number of rotatable bonds is 15. The van der Waals surface area contributed by atoms with Crippen LogP contribution in [-0.2, 0) is 26.2 Å². The normalized spacial score (nSPS) is 11.2. The molecule has 4 rings (SSSR count). The minimum absolute atomic E-state index is 0.0535. The van der Waals surface area contributed by atoms with Crippen LogP contribution in [0.4, 0.5) is 5.69 Å². The summed E-state index contributed by atoms with van der Waals surface area (Å²) in [4.78, 5) is 25.8. The smallest absolute Gasteiger partial charge is 0.264 e. The van der Waals surface area contributed by atoms with Crippen molar-refractivity contribution in [3.05, 3.63) is 103 Å². The van der Waals surface area contributed by atoms with Crippen LogP contribution in [0.2, 0.25) is 0 Å². The van der Waals surface area contributed by atoms with Gasteiger partial charge >= 0.3 is 0 Å². The van der Waals surface area contributed by atoms with E-state index in [-0.39, 0.29) is 24.0 Å². The molecule has 0 fully saturated rings. The first kappa shape index (κ1) is 32.2. The van der Waals surface area contributed by atoms with Gasteiger partial charge < -0.3 is 19.2 Å². The Labute approximate surface area is 260 Å². The van der Waals surface area contributed by atoms with Crippen molar-refractivity contribution in [3.63, 3.8) is 0 Å². The average molecular weight is 637 g/mol. The van der Waals surface area contributed by atoms with Crippen LogP contribution in [0, 0.1) is 0 Å².